The maximum absolute atomic E-state index is 10.5. The molecule has 2 aromatic heterocycles. The van der Waals surface area contributed by atoms with Crippen molar-refractivity contribution in [3.63, 3.8) is 0 Å². The summed E-state index contributed by atoms with van der Waals surface area (Å²) >= 11 is 0. The van der Waals surface area contributed by atoms with Gasteiger partial charge in [-0.1, -0.05) is 6.07 Å². The molecule has 3 N–H and O–H groups in total. The average Bonchev–Trinajstić information content (AvgIpc) is 3.45. The topological polar surface area (TPSA) is 90.0 Å². The second-order valence-electron chi connectivity index (χ2n) is 7.91. The molecule has 7 heteroatoms. The molecule has 1 aliphatic heterocycles. The summed E-state index contributed by atoms with van der Waals surface area (Å²) in [5.74, 6) is 2.66. The van der Waals surface area contributed by atoms with Crippen molar-refractivity contribution in [3.05, 3.63) is 42.7 Å². The predicted molar refractivity (Wildman–Crippen MR) is 108 cm³/mol. The molecule has 0 unspecified atom stereocenters. The second-order valence-corrected chi connectivity index (χ2v) is 7.91. The summed E-state index contributed by atoms with van der Waals surface area (Å²) in [7, 11) is 2.11. The van der Waals surface area contributed by atoms with Gasteiger partial charge >= 0.3 is 0 Å². The van der Waals surface area contributed by atoms with E-state index in [0.29, 0.717) is 17.3 Å². The lowest BCUT2D eigenvalue weighted by molar-refractivity contribution is 0.477. The molecular weight excluding hydrogens is 352 g/mol. The zero-order valence-electron chi connectivity index (χ0n) is 15.8. The number of hydrogen-bond donors (Lipinski definition) is 3. The van der Waals surface area contributed by atoms with E-state index in [1.807, 2.05) is 24.3 Å². The molecule has 5 rings (SSSR count). The molecule has 1 saturated carbocycles. The Morgan fingerprint density at radius 2 is 1.86 bits per heavy atom. The van der Waals surface area contributed by atoms with Gasteiger partial charge in [0.05, 0.1) is 11.9 Å². The smallest absolute Gasteiger partial charge is 0.151 e. The van der Waals surface area contributed by atoms with E-state index in [0.717, 1.165) is 41.9 Å². The first-order valence-corrected chi connectivity index (χ1v) is 9.79. The number of benzene rings is 1. The highest BCUT2D eigenvalue weighted by Gasteiger charge is 2.39. The van der Waals surface area contributed by atoms with Crippen LogP contribution in [0.1, 0.15) is 12.8 Å². The molecule has 7 nitrogen and oxygen atoms in total. The van der Waals surface area contributed by atoms with Crippen LogP contribution in [0.3, 0.4) is 0 Å². The van der Waals surface area contributed by atoms with Crippen molar-refractivity contribution in [1.82, 2.24) is 25.7 Å². The summed E-state index contributed by atoms with van der Waals surface area (Å²) in [5.41, 5.74) is 3.18. The molecule has 0 bridgehead atoms. The number of hydrogen-bond acceptors (Lipinski definition) is 6. The molecule has 28 heavy (non-hydrogen) atoms. The highest BCUT2D eigenvalue weighted by Crippen LogP contribution is 2.38. The lowest BCUT2D eigenvalue weighted by atomic mass is 10.0. The van der Waals surface area contributed by atoms with Crippen molar-refractivity contribution in [3.8, 4) is 28.1 Å². The summed E-state index contributed by atoms with van der Waals surface area (Å²) < 4.78 is 0. The van der Waals surface area contributed by atoms with Gasteiger partial charge < -0.3 is 15.3 Å². The summed E-state index contributed by atoms with van der Waals surface area (Å²) in [6.45, 7) is 2.29. The second kappa shape index (κ2) is 6.91. The predicted octanol–water partition coefficient (Wildman–Crippen LogP) is 2.67. The van der Waals surface area contributed by atoms with Crippen LogP contribution < -0.4 is 10.2 Å². The number of rotatable bonds is 4. The van der Waals surface area contributed by atoms with Crippen LogP contribution in [0.4, 0.5) is 5.82 Å². The average molecular weight is 376 g/mol. The van der Waals surface area contributed by atoms with Crippen LogP contribution in [0.15, 0.2) is 42.7 Å². The van der Waals surface area contributed by atoms with Gasteiger partial charge in [-0.2, -0.15) is 5.10 Å². The number of aromatic nitrogens is 4. The van der Waals surface area contributed by atoms with Gasteiger partial charge in [-0.05, 0) is 67.6 Å². The first-order valence-electron chi connectivity index (χ1n) is 9.79. The van der Waals surface area contributed by atoms with Crippen molar-refractivity contribution in [2.24, 2.45) is 11.8 Å². The van der Waals surface area contributed by atoms with E-state index in [-0.39, 0.29) is 5.75 Å². The number of fused-ring (bicyclic) bond motifs is 1. The number of nitrogens with zero attached hydrogens (tertiary/aromatic N) is 4. The van der Waals surface area contributed by atoms with Gasteiger partial charge in [-0.15, -0.1) is 10.2 Å². The molecule has 3 atom stereocenters. The Bertz CT molecular complexity index is 944. The molecule has 3 aromatic rings. The number of aromatic amines is 1. The Hall–Kier alpha value is -2.93. The minimum absolute atomic E-state index is 0.185. The highest BCUT2D eigenvalue weighted by molar-refractivity contribution is 5.73. The quantitative estimate of drug-likeness (QED) is 0.649. The molecule has 2 aliphatic rings. The van der Waals surface area contributed by atoms with Crippen LogP contribution in [0, 0.1) is 11.8 Å². The van der Waals surface area contributed by atoms with E-state index < -0.39 is 0 Å². The minimum atomic E-state index is 0.185. The zero-order valence-corrected chi connectivity index (χ0v) is 15.8. The zero-order chi connectivity index (χ0) is 19.1. The fourth-order valence-corrected chi connectivity index (χ4v) is 4.63. The highest BCUT2D eigenvalue weighted by atomic mass is 16.3. The standard InChI is InChI=1S/C21H24N6O/c1-27(17-6-14-9-22-10-15(14)7-17)21-5-4-19(25-26-21)18-3-2-13(8-20(18)28)16-11-23-24-12-16/h2-5,8,11-12,14-15,17,22,28H,6-7,9-10H2,1H3,(H,23,24)/t14-,15+,17-. The summed E-state index contributed by atoms with van der Waals surface area (Å²) in [6, 6.07) is 10.0. The van der Waals surface area contributed by atoms with Gasteiger partial charge in [0.1, 0.15) is 5.75 Å². The fraction of sp³-hybridized carbons (Fsp3) is 0.381. The van der Waals surface area contributed by atoms with Gasteiger partial charge in [-0.25, -0.2) is 0 Å². The van der Waals surface area contributed by atoms with Crippen LogP contribution in [0.5, 0.6) is 5.75 Å². The number of nitrogens with one attached hydrogen (secondary N) is 2. The lowest BCUT2D eigenvalue weighted by Gasteiger charge is -2.26. The maximum Gasteiger partial charge on any atom is 0.151 e. The van der Waals surface area contributed by atoms with Crippen LogP contribution in [-0.4, -0.2) is 51.7 Å². The Labute approximate surface area is 163 Å². The number of aromatic hydroxyl groups is 1. The molecule has 0 radical (unpaired) electrons. The van der Waals surface area contributed by atoms with Crippen molar-refractivity contribution in [2.75, 3.05) is 25.0 Å². The third-order valence-electron chi connectivity index (χ3n) is 6.29. The minimum Gasteiger partial charge on any atom is -0.507 e. The summed E-state index contributed by atoms with van der Waals surface area (Å²) in [4.78, 5) is 2.26. The number of phenols is 1. The molecular formula is C21H24N6O. The first-order chi connectivity index (χ1) is 13.7. The van der Waals surface area contributed by atoms with E-state index in [1.54, 1.807) is 18.5 Å². The van der Waals surface area contributed by atoms with Gasteiger partial charge in [0, 0.05) is 30.4 Å². The lowest BCUT2D eigenvalue weighted by Crippen LogP contribution is -2.31. The Kier molecular flexibility index (Phi) is 4.24. The van der Waals surface area contributed by atoms with Crippen molar-refractivity contribution in [1.29, 1.82) is 0 Å². The number of H-pyrrole nitrogens is 1. The molecule has 1 saturated heterocycles. The third kappa shape index (κ3) is 3.01. The van der Waals surface area contributed by atoms with E-state index in [9.17, 15) is 5.11 Å². The Balaban J connectivity index is 1.34. The monoisotopic (exact) mass is 376 g/mol. The molecule has 1 aliphatic carbocycles. The van der Waals surface area contributed by atoms with E-state index in [1.165, 1.54) is 12.8 Å². The molecule has 144 valence electrons. The van der Waals surface area contributed by atoms with Crippen LogP contribution in [-0.2, 0) is 0 Å². The Morgan fingerprint density at radius 3 is 2.50 bits per heavy atom. The van der Waals surface area contributed by atoms with Crippen LogP contribution in [0.25, 0.3) is 22.4 Å². The summed E-state index contributed by atoms with van der Waals surface area (Å²) in [5, 5.41) is 29.5. The largest absolute Gasteiger partial charge is 0.507 e. The molecule has 0 spiro atoms. The van der Waals surface area contributed by atoms with Crippen molar-refractivity contribution < 1.29 is 5.11 Å². The van der Waals surface area contributed by atoms with E-state index in [2.05, 4.69) is 37.7 Å². The normalized spacial score (nSPS) is 23.7. The van der Waals surface area contributed by atoms with Gasteiger partial charge in [-0.3, -0.25) is 5.10 Å². The molecule has 0 amide bonds. The van der Waals surface area contributed by atoms with Gasteiger partial charge in [0.15, 0.2) is 5.82 Å². The van der Waals surface area contributed by atoms with Gasteiger partial charge in [0.2, 0.25) is 0 Å². The third-order valence-corrected chi connectivity index (χ3v) is 6.29. The van der Waals surface area contributed by atoms with Crippen molar-refractivity contribution in [2.45, 2.75) is 18.9 Å². The van der Waals surface area contributed by atoms with Gasteiger partial charge in [0.25, 0.3) is 0 Å². The summed E-state index contributed by atoms with van der Waals surface area (Å²) in [6.07, 6.45) is 5.96. The number of phenolic OH excluding ortho intramolecular Hbond substituents is 1. The van der Waals surface area contributed by atoms with E-state index >= 15 is 0 Å². The first kappa shape index (κ1) is 17.2. The molecule has 3 heterocycles. The van der Waals surface area contributed by atoms with Crippen molar-refractivity contribution >= 4 is 5.82 Å². The fourth-order valence-electron chi connectivity index (χ4n) is 4.63. The SMILES string of the molecule is CN(c1ccc(-c2ccc(-c3cn[nH]c3)cc2O)nn1)[C@H]1C[C@H]2CNC[C@H]2C1. The number of anilines is 1. The molecule has 2 fully saturated rings. The van der Waals surface area contributed by atoms with E-state index in [4.69, 9.17) is 0 Å². The molecule has 1 aromatic carbocycles. The van der Waals surface area contributed by atoms with Crippen LogP contribution in [0.2, 0.25) is 0 Å². The maximum atomic E-state index is 10.5. The van der Waals surface area contributed by atoms with Crippen LogP contribution >= 0.6 is 0 Å². The Morgan fingerprint density at radius 1 is 1.04 bits per heavy atom.